The van der Waals surface area contributed by atoms with Crippen LogP contribution >= 0.6 is 0 Å². The van der Waals surface area contributed by atoms with E-state index in [1.165, 1.54) is 9.87 Å². The van der Waals surface area contributed by atoms with Crippen molar-refractivity contribution >= 4 is 21.6 Å². The van der Waals surface area contributed by atoms with Gasteiger partial charge in [-0.05, 0) is 49.9 Å². The molecule has 0 atom stereocenters. The molecule has 1 fully saturated rings. The van der Waals surface area contributed by atoms with E-state index in [1.807, 2.05) is 44.2 Å². The second-order valence-corrected chi connectivity index (χ2v) is 9.26. The number of hydrogen-bond acceptors (Lipinski definition) is 3. The van der Waals surface area contributed by atoms with Crippen molar-refractivity contribution in [1.82, 2.24) is 4.90 Å². The van der Waals surface area contributed by atoms with Crippen LogP contribution in [-0.4, -0.2) is 38.6 Å². The molecule has 2 aromatic rings. The molecule has 2 aromatic carbocycles. The van der Waals surface area contributed by atoms with Crippen LogP contribution in [0.3, 0.4) is 0 Å². The van der Waals surface area contributed by atoms with E-state index in [0.29, 0.717) is 30.8 Å². The Balaban J connectivity index is 1.84. The number of amides is 1. The third-order valence-corrected chi connectivity index (χ3v) is 6.82. The molecule has 0 bridgehead atoms. The molecule has 0 unspecified atom stereocenters. The first kappa shape index (κ1) is 19.4. The Bertz CT molecular complexity index is 936. The summed E-state index contributed by atoms with van der Waals surface area (Å²) in [7, 11) is -1.54. The van der Waals surface area contributed by atoms with Gasteiger partial charge in [-0.3, -0.25) is 9.10 Å². The van der Waals surface area contributed by atoms with Crippen LogP contribution in [0.25, 0.3) is 0 Å². The minimum atomic E-state index is -3.31. The van der Waals surface area contributed by atoms with Crippen LogP contribution in [0.1, 0.15) is 39.9 Å². The molecule has 1 aliphatic rings. The average Bonchev–Trinajstić information content (AvgIpc) is 2.63. The molecule has 0 radical (unpaired) electrons. The summed E-state index contributed by atoms with van der Waals surface area (Å²) < 4.78 is 26.4. The van der Waals surface area contributed by atoms with Gasteiger partial charge in [0.05, 0.1) is 11.4 Å². The minimum absolute atomic E-state index is 0.119. The van der Waals surface area contributed by atoms with Gasteiger partial charge in [0.1, 0.15) is 0 Å². The first-order valence-corrected chi connectivity index (χ1v) is 10.8. The van der Waals surface area contributed by atoms with Crippen LogP contribution < -0.4 is 4.31 Å². The molecule has 0 aromatic heterocycles. The van der Waals surface area contributed by atoms with Gasteiger partial charge in [-0.15, -0.1) is 0 Å². The summed E-state index contributed by atoms with van der Waals surface area (Å²) in [6, 6.07) is 13.4. The van der Waals surface area contributed by atoms with E-state index in [-0.39, 0.29) is 11.7 Å². The molecule has 1 heterocycles. The minimum Gasteiger partial charge on any atom is -0.337 e. The monoisotopic (exact) mass is 386 g/mol. The molecule has 5 nitrogen and oxygen atoms in total. The molecule has 6 heteroatoms. The van der Waals surface area contributed by atoms with Crippen LogP contribution in [0.2, 0.25) is 0 Å². The fraction of sp³-hybridized carbons (Fsp3) is 0.381. The van der Waals surface area contributed by atoms with E-state index in [9.17, 15) is 13.2 Å². The number of rotatable bonds is 4. The van der Waals surface area contributed by atoms with Crippen LogP contribution in [-0.2, 0) is 16.6 Å². The molecule has 144 valence electrons. The van der Waals surface area contributed by atoms with Crippen molar-refractivity contribution in [3.8, 4) is 0 Å². The zero-order valence-electron chi connectivity index (χ0n) is 16.1. The number of carbonyl (C=O) groups is 1. The summed E-state index contributed by atoms with van der Waals surface area (Å²) in [4.78, 5) is 14.5. The Morgan fingerprint density at radius 1 is 1.07 bits per heavy atom. The number of carbonyl (C=O) groups excluding carboxylic acids is 1. The Labute approximate surface area is 161 Å². The molecule has 0 N–H and O–H groups in total. The lowest BCUT2D eigenvalue weighted by atomic mass is 10.1. The van der Waals surface area contributed by atoms with Gasteiger partial charge < -0.3 is 4.90 Å². The first-order chi connectivity index (χ1) is 12.8. The van der Waals surface area contributed by atoms with Crippen molar-refractivity contribution in [3.63, 3.8) is 0 Å². The molecule has 0 saturated carbocycles. The van der Waals surface area contributed by atoms with Crippen molar-refractivity contribution in [1.29, 1.82) is 0 Å². The fourth-order valence-electron chi connectivity index (χ4n) is 3.33. The molecular formula is C21H26N2O3S. The zero-order valence-corrected chi connectivity index (χ0v) is 16.9. The van der Waals surface area contributed by atoms with Gasteiger partial charge in [0, 0.05) is 25.7 Å². The summed E-state index contributed by atoms with van der Waals surface area (Å²) in [6.07, 6.45) is 1.53. The van der Waals surface area contributed by atoms with Crippen LogP contribution in [0, 0.1) is 13.8 Å². The normalized spacial score (nSPS) is 16.2. The standard InChI is InChI=1S/C21H26N2O3S/c1-16-6-9-18(10-7-16)15-22(3)21(24)19-11-8-17(2)20(14-19)23-12-4-5-13-27(23,25)26/h6-11,14H,4-5,12-13,15H2,1-3H3. The highest BCUT2D eigenvalue weighted by Gasteiger charge is 2.28. The number of aryl methyl sites for hydroxylation is 2. The number of sulfonamides is 1. The molecule has 0 spiro atoms. The van der Waals surface area contributed by atoms with Gasteiger partial charge >= 0.3 is 0 Å². The van der Waals surface area contributed by atoms with Gasteiger partial charge in [0.15, 0.2) is 0 Å². The van der Waals surface area contributed by atoms with E-state index in [0.717, 1.165) is 17.5 Å². The number of hydrogen-bond donors (Lipinski definition) is 0. The maximum atomic E-state index is 12.9. The third kappa shape index (κ3) is 4.33. The van der Waals surface area contributed by atoms with E-state index < -0.39 is 10.0 Å². The smallest absolute Gasteiger partial charge is 0.253 e. The second-order valence-electron chi connectivity index (χ2n) is 7.24. The van der Waals surface area contributed by atoms with Gasteiger partial charge in [0.25, 0.3) is 5.91 Å². The predicted molar refractivity (Wildman–Crippen MR) is 109 cm³/mol. The molecule has 1 amide bonds. The Hall–Kier alpha value is -2.34. The maximum Gasteiger partial charge on any atom is 0.253 e. The lowest BCUT2D eigenvalue weighted by molar-refractivity contribution is 0.0785. The van der Waals surface area contributed by atoms with E-state index in [1.54, 1.807) is 24.1 Å². The van der Waals surface area contributed by atoms with E-state index >= 15 is 0 Å². The van der Waals surface area contributed by atoms with Crippen molar-refractivity contribution < 1.29 is 13.2 Å². The van der Waals surface area contributed by atoms with E-state index in [2.05, 4.69) is 0 Å². The fourth-order valence-corrected chi connectivity index (χ4v) is 5.02. The molecule has 27 heavy (non-hydrogen) atoms. The van der Waals surface area contributed by atoms with Gasteiger partial charge in [-0.25, -0.2) is 8.42 Å². The van der Waals surface area contributed by atoms with Crippen molar-refractivity contribution in [3.05, 3.63) is 64.7 Å². The second kappa shape index (κ2) is 7.72. The molecular weight excluding hydrogens is 360 g/mol. The summed E-state index contributed by atoms with van der Waals surface area (Å²) in [5.41, 5.74) is 4.22. The number of nitrogens with zero attached hydrogens (tertiary/aromatic N) is 2. The first-order valence-electron chi connectivity index (χ1n) is 9.20. The Kier molecular flexibility index (Phi) is 5.56. The van der Waals surface area contributed by atoms with Crippen LogP contribution in [0.4, 0.5) is 5.69 Å². The largest absolute Gasteiger partial charge is 0.337 e. The lowest BCUT2D eigenvalue weighted by Gasteiger charge is -2.30. The van der Waals surface area contributed by atoms with Crippen molar-refractivity contribution in [2.75, 3.05) is 23.7 Å². The topological polar surface area (TPSA) is 57.7 Å². The van der Waals surface area contributed by atoms with Gasteiger partial charge in [0.2, 0.25) is 10.0 Å². The van der Waals surface area contributed by atoms with Crippen LogP contribution in [0.15, 0.2) is 42.5 Å². The molecule has 1 saturated heterocycles. The van der Waals surface area contributed by atoms with Gasteiger partial charge in [-0.2, -0.15) is 0 Å². The maximum absolute atomic E-state index is 12.9. The molecule has 0 aliphatic carbocycles. The highest BCUT2D eigenvalue weighted by molar-refractivity contribution is 7.92. The third-order valence-electron chi connectivity index (χ3n) is 4.96. The Morgan fingerprint density at radius 2 is 1.78 bits per heavy atom. The average molecular weight is 387 g/mol. The number of anilines is 1. The van der Waals surface area contributed by atoms with Crippen LogP contribution in [0.5, 0.6) is 0 Å². The van der Waals surface area contributed by atoms with Gasteiger partial charge in [-0.1, -0.05) is 35.9 Å². The van der Waals surface area contributed by atoms with E-state index in [4.69, 9.17) is 0 Å². The SMILES string of the molecule is Cc1ccc(CN(C)C(=O)c2ccc(C)c(N3CCCCS3(=O)=O)c2)cc1. The summed E-state index contributed by atoms with van der Waals surface area (Å²) in [6.45, 7) is 4.88. The summed E-state index contributed by atoms with van der Waals surface area (Å²) in [5, 5.41) is 0. The highest BCUT2D eigenvalue weighted by Crippen LogP contribution is 2.28. The Morgan fingerprint density at radius 3 is 2.44 bits per heavy atom. The summed E-state index contributed by atoms with van der Waals surface area (Å²) in [5.74, 6) is 0.0454. The van der Waals surface area contributed by atoms with Crippen molar-refractivity contribution in [2.24, 2.45) is 0 Å². The predicted octanol–water partition coefficient (Wildman–Crippen LogP) is 3.51. The lowest BCUT2D eigenvalue weighted by Crippen LogP contribution is -2.38. The summed E-state index contributed by atoms with van der Waals surface area (Å²) >= 11 is 0. The molecule has 3 rings (SSSR count). The molecule has 1 aliphatic heterocycles. The number of benzene rings is 2. The highest BCUT2D eigenvalue weighted by atomic mass is 32.2. The zero-order chi connectivity index (χ0) is 19.6. The van der Waals surface area contributed by atoms with Crippen molar-refractivity contribution in [2.45, 2.75) is 33.2 Å². The quantitative estimate of drug-likeness (QED) is 0.808.